The van der Waals surface area contributed by atoms with Crippen molar-refractivity contribution in [3.8, 4) is 17.6 Å². The van der Waals surface area contributed by atoms with E-state index in [1.54, 1.807) is 18.3 Å². The summed E-state index contributed by atoms with van der Waals surface area (Å²) >= 11 is 0. The standard InChI is InChI=1S/C25H22F3N7/c1-15(17-5-4-6-17)31-22-21-23(33-20(13-29)32-22)34-24(19-7-2-3-12-30-19)35(21)14-16-8-10-18(11-9-16)25(26,27)28/h2-3,7-12,15,17H,4-6,14H2,1H3,(H,31,32,33)/t15-/m1/s1. The van der Waals surface area contributed by atoms with Crippen LogP contribution in [0.4, 0.5) is 19.0 Å². The summed E-state index contributed by atoms with van der Waals surface area (Å²) in [5, 5.41) is 12.9. The average molecular weight is 477 g/mol. The van der Waals surface area contributed by atoms with Crippen molar-refractivity contribution in [2.45, 2.75) is 44.9 Å². The van der Waals surface area contributed by atoms with Crippen LogP contribution in [0.2, 0.25) is 0 Å². The van der Waals surface area contributed by atoms with Gasteiger partial charge in [0.2, 0.25) is 5.82 Å². The first-order valence-corrected chi connectivity index (χ1v) is 11.4. The zero-order valence-electron chi connectivity index (χ0n) is 18.9. The first kappa shape index (κ1) is 22.8. The number of aromatic nitrogens is 5. The predicted molar refractivity (Wildman–Crippen MR) is 124 cm³/mol. The molecule has 0 bridgehead atoms. The van der Waals surface area contributed by atoms with E-state index in [0.717, 1.165) is 25.0 Å². The molecule has 7 nitrogen and oxygen atoms in total. The smallest absolute Gasteiger partial charge is 0.365 e. The Morgan fingerprint density at radius 3 is 2.49 bits per heavy atom. The highest BCUT2D eigenvalue weighted by molar-refractivity contribution is 5.87. The average Bonchev–Trinajstić information content (AvgIpc) is 3.16. The second-order valence-corrected chi connectivity index (χ2v) is 8.74. The maximum absolute atomic E-state index is 13.1. The monoisotopic (exact) mass is 477 g/mol. The molecule has 10 heteroatoms. The van der Waals surface area contributed by atoms with Gasteiger partial charge in [0.1, 0.15) is 17.3 Å². The van der Waals surface area contributed by atoms with E-state index in [9.17, 15) is 18.4 Å². The molecule has 1 saturated carbocycles. The summed E-state index contributed by atoms with van der Waals surface area (Å²) in [6, 6.07) is 12.6. The van der Waals surface area contributed by atoms with Gasteiger partial charge in [0.15, 0.2) is 17.3 Å². The molecule has 1 aromatic carbocycles. The number of halogens is 3. The molecule has 1 fully saturated rings. The first-order valence-electron chi connectivity index (χ1n) is 11.4. The zero-order valence-corrected chi connectivity index (χ0v) is 18.9. The van der Waals surface area contributed by atoms with E-state index in [2.05, 4.69) is 32.2 Å². The van der Waals surface area contributed by atoms with Crippen LogP contribution in [0.25, 0.3) is 22.7 Å². The fourth-order valence-electron chi connectivity index (χ4n) is 4.29. The highest BCUT2D eigenvalue weighted by atomic mass is 19.4. The van der Waals surface area contributed by atoms with E-state index in [1.165, 1.54) is 18.6 Å². The highest BCUT2D eigenvalue weighted by Gasteiger charge is 2.30. The normalized spacial score (nSPS) is 14.9. The van der Waals surface area contributed by atoms with E-state index in [-0.39, 0.29) is 18.4 Å². The predicted octanol–water partition coefficient (Wildman–Crippen LogP) is 5.43. The van der Waals surface area contributed by atoms with Crippen molar-refractivity contribution < 1.29 is 13.2 Å². The van der Waals surface area contributed by atoms with Crippen LogP contribution in [0.3, 0.4) is 0 Å². The van der Waals surface area contributed by atoms with Crippen molar-refractivity contribution in [1.82, 2.24) is 24.5 Å². The molecule has 1 N–H and O–H groups in total. The number of hydrogen-bond acceptors (Lipinski definition) is 6. The molecule has 4 aromatic rings. The van der Waals surface area contributed by atoms with Gasteiger partial charge in [0.05, 0.1) is 5.56 Å². The SMILES string of the molecule is C[C@@H](Nc1nc(C#N)nc2nc(-c3ccccn3)n(Cc3ccc(C(F)(F)F)cc3)c12)C1CCC1. The van der Waals surface area contributed by atoms with Gasteiger partial charge >= 0.3 is 6.18 Å². The molecule has 0 saturated heterocycles. The molecule has 1 aliphatic carbocycles. The lowest BCUT2D eigenvalue weighted by Gasteiger charge is -2.32. The van der Waals surface area contributed by atoms with E-state index in [1.807, 2.05) is 16.7 Å². The molecule has 3 aromatic heterocycles. The van der Waals surface area contributed by atoms with Crippen molar-refractivity contribution in [3.63, 3.8) is 0 Å². The lowest BCUT2D eigenvalue weighted by Crippen LogP contribution is -2.31. The quantitative estimate of drug-likeness (QED) is 0.398. The van der Waals surface area contributed by atoms with Crippen molar-refractivity contribution >= 4 is 17.0 Å². The Bertz CT molecular complexity index is 1390. The van der Waals surface area contributed by atoms with Gasteiger partial charge in [-0.1, -0.05) is 24.6 Å². The van der Waals surface area contributed by atoms with Crippen molar-refractivity contribution in [2.24, 2.45) is 5.92 Å². The van der Waals surface area contributed by atoms with E-state index in [0.29, 0.717) is 40.0 Å². The number of alkyl halides is 3. The van der Waals surface area contributed by atoms with Crippen LogP contribution in [-0.2, 0) is 12.7 Å². The number of nitrogens with one attached hydrogen (secondary N) is 1. The molecular weight excluding hydrogens is 455 g/mol. The van der Waals surface area contributed by atoms with Crippen molar-refractivity contribution in [2.75, 3.05) is 5.32 Å². The summed E-state index contributed by atoms with van der Waals surface area (Å²) < 4.78 is 41.0. The molecule has 0 spiro atoms. The molecule has 0 aliphatic heterocycles. The Hall–Kier alpha value is -4.00. The Morgan fingerprint density at radius 2 is 1.89 bits per heavy atom. The van der Waals surface area contributed by atoms with Crippen molar-refractivity contribution in [1.29, 1.82) is 5.26 Å². The number of rotatable bonds is 6. The summed E-state index contributed by atoms with van der Waals surface area (Å²) in [5.74, 6) is 1.47. The minimum Gasteiger partial charge on any atom is -0.365 e. The van der Waals surface area contributed by atoms with Crippen LogP contribution in [0.1, 0.15) is 43.1 Å². The van der Waals surface area contributed by atoms with Gasteiger partial charge in [0, 0.05) is 18.8 Å². The van der Waals surface area contributed by atoms with Crippen molar-refractivity contribution in [3.05, 3.63) is 65.6 Å². The van der Waals surface area contributed by atoms with Gasteiger partial charge in [-0.05, 0) is 55.5 Å². The van der Waals surface area contributed by atoms with Gasteiger partial charge in [-0.15, -0.1) is 0 Å². The molecule has 0 amide bonds. The van der Waals surface area contributed by atoms with Crippen LogP contribution in [0.5, 0.6) is 0 Å². The second-order valence-electron chi connectivity index (χ2n) is 8.74. The largest absolute Gasteiger partial charge is 0.416 e. The van der Waals surface area contributed by atoms with Crippen LogP contribution in [0.15, 0.2) is 48.7 Å². The van der Waals surface area contributed by atoms with Gasteiger partial charge in [-0.2, -0.15) is 28.4 Å². The Labute approximate surface area is 199 Å². The molecule has 0 unspecified atom stereocenters. The third-order valence-corrected chi connectivity index (χ3v) is 6.44. The summed E-state index contributed by atoms with van der Waals surface area (Å²) in [4.78, 5) is 17.8. The topological polar surface area (TPSA) is 92.3 Å². The molecule has 1 atom stereocenters. The van der Waals surface area contributed by atoms with Crippen LogP contribution in [-0.4, -0.2) is 30.5 Å². The molecule has 3 heterocycles. The number of nitriles is 1. The molecule has 178 valence electrons. The Morgan fingerprint density at radius 1 is 1.11 bits per heavy atom. The minimum absolute atomic E-state index is 0.00689. The summed E-state index contributed by atoms with van der Waals surface area (Å²) in [7, 11) is 0. The maximum atomic E-state index is 13.1. The zero-order chi connectivity index (χ0) is 24.6. The minimum atomic E-state index is -4.41. The molecule has 1 aliphatic rings. The van der Waals surface area contributed by atoms with Gasteiger partial charge in [0.25, 0.3) is 0 Å². The number of nitrogens with zero attached hydrogens (tertiary/aromatic N) is 6. The summed E-state index contributed by atoms with van der Waals surface area (Å²) in [6.07, 6.45) is 0.668. The van der Waals surface area contributed by atoms with Gasteiger partial charge in [-0.3, -0.25) is 4.98 Å². The molecule has 35 heavy (non-hydrogen) atoms. The van der Waals surface area contributed by atoms with Crippen LogP contribution >= 0.6 is 0 Å². The van der Waals surface area contributed by atoms with E-state index >= 15 is 0 Å². The second kappa shape index (κ2) is 8.98. The van der Waals surface area contributed by atoms with E-state index < -0.39 is 11.7 Å². The van der Waals surface area contributed by atoms with Gasteiger partial charge < -0.3 is 9.88 Å². The van der Waals surface area contributed by atoms with Gasteiger partial charge in [-0.25, -0.2) is 4.98 Å². The number of pyridine rings is 1. The van der Waals surface area contributed by atoms with Crippen LogP contribution < -0.4 is 5.32 Å². The fraction of sp³-hybridized carbons (Fsp3) is 0.320. The lowest BCUT2D eigenvalue weighted by molar-refractivity contribution is -0.137. The highest BCUT2D eigenvalue weighted by Crippen LogP contribution is 2.34. The maximum Gasteiger partial charge on any atom is 0.416 e. The summed E-state index contributed by atoms with van der Waals surface area (Å²) in [6.45, 7) is 2.31. The third-order valence-electron chi connectivity index (χ3n) is 6.44. The number of anilines is 1. The lowest BCUT2D eigenvalue weighted by atomic mass is 9.80. The number of fused-ring (bicyclic) bond motifs is 1. The summed E-state index contributed by atoms with van der Waals surface area (Å²) in [5.41, 5.74) is 1.43. The third kappa shape index (κ3) is 4.54. The Kier molecular flexibility index (Phi) is 5.84. The Balaban J connectivity index is 1.65. The molecule has 0 radical (unpaired) electrons. The first-order chi connectivity index (χ1) is 16.8. The number of hydrogen-bond donors (Lipinski definition) is 1. The number of benzene rings is 1. The van der Waals surface area contributed by atoms with E-state index in [4.69, 9.17) is 0 Å². The number of imidazole rings is 1. The molecular formula is C25H22F3N7. The fourth-order valence-corrected chi connectivity index (χ4v) is 4.29. The molecule has 5 rings (SSSR count). The van der Waals surface area contributed by atoms with Crippen LogP contribution in [0, 0.1) is 17.2 Å².